The number of aryl methyl sites for hydroxylation is 1. The summed E-state index contributed by atoms with van der Waals surface area (Å²) >= 11 is 0. The Morgan fingerprint density at radius 1 is 1.09 bits per heavy atom. The van der Waals surface area contributed by atoms with Crippen LogP contribution in [0, 0.1) is 6.92 Å². The minimum absolute atomic E-state index is 0. The van der Waals surface area contributed by atoms with Crippen LogP contribution in [0.2, 0.25) is 0 Å². The highest BCUT2D eigenvalue weighted by atomic mass is 127. The first-order chi connectivity index (χ1) is 16.1. The van der Waals surface area contributed by atoms with Crippen LogP contribution in [-0.2, 0) is 11.2 Å². The molecule has 4 rings (SSSR count). The molecule has 0 bridgehead atoms. The number of nitrogens with one attached hydrogen (secondary N) is 4. The summed E-state index contributed by atoms with van der Waals surface area (Å²) < 4.78 is 5.68. The van der Waals surface area contributed by atoms with Crippen LogP contribution in [0.15, 0.2) is 59.7 Å². The summed E-state index contributed by atoms with van der Waals surface area (Å²) in [6, 6.07) is 17.3. The molecule has 3 aromatic rings. The SMILES string of the molecule is CN=C(NCCc1c[nH]c2cccc(C)c12)NCC1(NC(C)c2ccccc2)CCOCC1.I. The zero-order chi connectivity index (χ0) is 23.1. The molecule has 0 spiro atoms. The largest absolute Gasteiger partial charge is 0.381 e. The Balaban J connectivity index is 0.00000324. The van der Waals surface area contributed by atoms with E-state index in [9.17, 15) is 0 Å². The number of benzene rings is 2. The number of ether oxygens (including phenoxy) is 1. The van der Waals surface area contributed by atoms with Gasteiger partial charge in [-0.1, -0.05) is 42.5 Å². The quantitative estimate of drug-likeness (QED) is 0.179. The van der Waals surface area contributed by atoms with Crippen molar-refractivity contribution in [2.24, 2.45) is 4.99 Å². The average Bonchev–Trinajstić information content (AvgIpc) is 3.27. The second-order valence-corrected chi connectivity index (χ2v) is 9.08. The molecule has 34 heavy (non-hydrogen) atoms. The van der Waals surface area contributed by atoms with Crippen LogP contribution in [0.1, 0.15) is 42.5 Å². The predicted molar refractivity (Wildman–Crippen MR) is 152 cm³/mol. The third kappa shape index (κ3) is 6.52. The Morgan fingerprint density at radius 3 is 2.59 bits per heavy atom. The van der Waals surface area contributed by atoms with Crippen LogP contribution in [-0.4, -0.2) is 49.8 Å². The van der Waals surface area contributed by atoms with Gasteiger partial charge in [-0.15, -0.1) is 24.0 Å². The summed E-state index contributed by atoms with van der Waals surface area (Å²) in [5.74, 6) is 0.839. The second-order valence-electron chi connectivity index (χ2n) is 9.08. The molecule has 0 aliphatic carbocycles. The molecular formula is C27H38IN5O. The Hall–Kier alpha value is -2.10. The van der Waals surface area contributed by atoms with Crippen molar-refractivity contribution in [3.05, 3.63) is 71.4 Å². The first kappa shape index (κ1) is 26.5. The van der Waals surface area contributed by atoms with Gasteiger partial charge in [0.25, 0.3) is 0 Å². The molecule has 1 atom stereocenters. The van der Waals surface area contributed by atoms with Crippen molar-refractivity contribution in [3.8, 4) is 0 Å². The number of aromatic amines is 1. The van der Waals surface area contributed by atoms with E-state index >= 15 is 0 Å². The van der Waals surface area contributed by atoms with Crippen molar-refractivity contribution in [1.82, 2.24) is 20.9 Å². The smallest absolute Gasteiger partial charge is 0.191 e. The van der Waals surface area contributed by atoms with E-state index in [0.29, 0.717) is 0 Å². The van der Waals surface area contributed by atoms with E-state index in [2.05, 4.69) is 94.5 Å². The summed E-state index contributed by atoms with van der Waals surface area (Å²) in [6.45, 7) is 7.60. The van der Waals surface area contributed by atoms with Gasteiger partial charge in [0.15, 0.2) is 5.96 Å². The average molecular weight is 576 g/mol. The van der Waals surface area contributed by atoms with Crippen LogP contribution in [0.4, 0.5) is 0 Å². The molecule has 7 heteroatoms. The van der Waals surface area contributed by atoms with E-state index < -0.39 is 0 Å². The minimum atomic E-state index is -0.0287. The van der Waals surface area contributed by atoms with Gasteiger partial charge >= 0.3 is 0 Å². The van der Waals surface area contributed by atoms with Crippen LogP contribution < -0.4 is 16.0 Å². The number of halogens is 1. The lowest BCUT2D eigenvalue weighted by molar-refractivity contribution is 0.0355. The summed E-state index contributed by atoms with van der Waals surface area (Å²) in [5, 5.41) is 12.3. The van der Waals surface area contributed by atoms with E-state index in [4.69, 9.17) is 4.74 Å². The van der Waals surface area contributed by atoms with Gasteiger partial charge in [-0.3, -0.25) is 4.99 Å². The van der Waals surface area contributed by atoms with Crippen LogP contribution in [0.3, 0.4) is 0 Å². The fourth-order valence-electron chi connectivity index (χ4n) is 4.86. The van der Waals surface area contributed by atoms with E-state index in [-0.39, 0.29) is 35.6 Å². The first-order valence-corrected chi connectivity index (χ1v) is 12.0. The fraction of sp³-hybridized carbons (Fsp3) is 0.444. The number of rotatable bonds is 8. The Labute approximate surface area is 220 Å². The molecule has 6 nitrogen and oxygen atoms in total. The van der Waals surface area contributed by atoms with Gasteiger partial charge in [-0.05, 0) is 55.9 Å². The maximum Gasteiger partial charge on any atom is 0.191 e. The number of hydrogen-bond donors (Lipinski definition) is 4. The summed E-state index contributed by atoms with van der Waals surface area (Å²) in [4.78, 5) is 7.86. The zero-order valence-corrected chi connectivity index (χ0v) is 22.8. The van der Waals surface area contributed by atoms with E-state index in [1.165, 1.54) is 27.6 Å². The molecule has 184 valence electrons. The third-order valence-electron chi connectivity index (χ3n) is 6.77. The number of H-pyrrole nitrogens is 1. The molecule has 0 saturated carbocycles. The number of guanidine groups is 1. The lowest BCUT2D eigenvalue weighted by atomic mass is 9.88. The number of aromatic nitrogens is 1. The Morgan fingerprint density at radius 2 is 1.85 bits per heavy atom. The maximum atomic E-state index is 5.68. The molecule has 1 aromatic heterocycles. The van der Waals surface area contributed by atoms with Gasteiger partial charge in [-0.2, -0.15) is 0 Å². The number of aliphatic imine (C=N–C) groups is 1. The first-order valence-electron chi connectivity index (χ1n) is 12.0. The van der Waals surface area contributed by atoms with Gasteiger partial charge in [0.2, 0.25) is 0 Å². The highest BCUT2D eigenvalue weighted by Crippen LogP contribution is 2.25. The highest BCUT2D eigenvalue weighted by Gasteiger charge is 2.34. The molecule has 1 fully saturated rings. The molecule has 0 radical (unpaired) electrons. The maximum absolute atomic E-state index is 5.68. The molecular weight excluding hydrogens is 537 g/mol. The molecule has 1 aliphatic rings. The molecule has 2 heterocycles. The topological polar surface area (TPSA) is 73.5 Å². The number of fused-ring (bicyclic) bond motifs is 1. The fourth-order valence-corrected chi connectivity index (χ4v) is 4.86. The summed E-state index contributed by atoms with van der Waals surface area (Å²) in [5.41, 5.74) is 5.13. The van der Waals surface area contributed by atoms with Crippen molar-refractivity contribution >= 4 is 40.8 Å². The monoisotopic (exact) mass is 575 g/mol. The molecule has 0 amide bonds. The van der Waals surface area contributed by atoms with Gasteiger partial charge in [0.05, 0.1) is 0 Å². The second kappa shape index (κ2) is 12.6. The molecule has 1 saturated heterocycles. The summed E-state index contributed by atoms with van der Waals surface area (Å²) in [7, 11) is 1.84. The molecule has 2 aromatic carbocycles. The number of hydrogen-bond acceptors (Lipinski definition) is 3. The predicted octanol–water partition coefficient (Wildman–Crippen LogP) is 4.70. The normalized spacial score (nSPS) is 16.6. The minimum Gasteiger partial charge on any atom is -0.381 e. The van der Waals surface area contributed by atoms with Crippen molar-refractivity contribution in [2.75, 3.05) is 33.4 Å². The van der Waals surface area contributed by atoms with Crippen molar-refractivity contribution in [1.29, 1.82) is 0 Å². The van der Waals surface area contributed by atoms with E-state index in [0.717, 1.165) is 51.5 Å². The van der Waals surface area contributed by atoms with Crippen molar-refractivity contribution < 1.29 is 4.74 Å². The molecule has 1 unspecified atom stereocenters. The van der Waals surface area contributed by atoms with Crippen molar-refractivity contribution in [2.45, 2.75) is 44.7 Å². The Bertz CT molecular complexity index is 1060. The molecule has 4 N–H and O–H groups in total. The van der Waals surface area contributed by atoms with Crippen LogP contribution in [0.5, 0.6) is 0 Å². The lowest BCUT2D eigenvalue weighted by Crippen LogP contribution is -2.58. The van der Waals surface area contributed by atoms with Gasteiger partial charge in [0.1, 0.15) is 0 Å². The highest BCUT2D eigenvalue weighted by molar-refractivity contribution is 14.0. The zero-order valence-electron chi connectivity index (χ0n) is 20.5. The van der Waals surface area contributed by atoms with E-state index in [1.807, 2.05) is 7.05 Å². The van der Waals surface area contributed by atoms with Crippen LogP contribution in [0.25, 0.3) is 10.9 Å². The summed E-state index contributed by atoms with van der Waals surface area (Å²) in [6.07, 6.45) is 5.01. The van der Waals surface area contributed by atoms with Gasteiger partial charge in [0, 0.05) is 62.0 Å². The van der Waals surface area contributed by atoms with Crippen molar-refractivity contribution in [3.63, 3.8) is 0 Å². The number of nitrogens with zero attached hydrogens (tertiary/aromatic N) is 1. The molecule has 1 aliphatic heterocycles. The van der Waals surface area contributed by atoms with Gasteiger partial charge < -0.3 is 25.7 Å². The third-order valence-corrected chi connectivity index (χ3v) is 6.77. The lowest BCUT2D eigenvalue weighted by Gasteiger charge is -2.41. The van der Waals surface area contributed by atoms with Gasteiger partial charge in [-0.25, -0.2) is 0 Å². The Kier molecular flexibility index (Phi) is 9.79. The standard InChI is InChI=1S/C27H37N5O.HI/c1-20-8-7-11-24-25(20)23(18-30-24)12-15-29-26(28-3)31-19-27(13-16-33-17-14-27)32-21(2)22-9-5-4-6-10-22;/h4-11,18,21,30,32H,12-17,19H2,1-3H3,(H2,28,29,31);1H. The van der Waals surface area contributed by atoms with E-state index in [1.54, 1.807) is 0 Å². The van der Waals surface area contributed by atoms with Crippen LogP contribution >= 0.6 is 24.0 Å².